The summed E-state index contributed by atoms with van der Waals surface area (Å²) in [7, 11) is -5.14. The number of hydrogen-bond acceptors (Lipinski definition) is 11. The van der Waals surface area contributed by atoms with Gasteiger partial charge in [-0.05, 0) is 44.9 Å². The first-order valence-corrected chi connectivity index (χ1v) is 24.9. The SMILES string of the molecule is CCCCCCCCCC/C=C\CCCCCCCC(O)CC(=O)NC(COP(=O)(O)OC1C(O)C(O)C(O)C(O)C1O)C(O)/C=C/CCCCCCCCCCCC. The van der Waals surface area contributed by atoms with Gasteiger partial charge in [-0.2, -0.15) is 0 Å². The van der Waals surface area contributed by atoms with Crippen LogP contribution in [0.15, 0.2) is 24.3 Å². The second-order valence-corrected chi connectivity index (χ2v) is 18.2. The zero-order valence-electron chi connectivity index (χ0n) is 36.7. The molecule has 0 spiro atoms. The lowest BCUT2D eigenvalue weighted by atomic mass is 9.85. The van der Waals surface area contributed by atoms with Gasteiger partial charge in [-0.25, -0.2) is 4.57 Å². The highest BCUT2D eigenvalue weighted by Crippen LogP contribution is 2.47. The zero-order chi connectivity index (χ0) is 43.7. The fraction of sp³-hybridized carbons (Fsp3) is 0.889. The minimum atomic E-state index is -5.14. The van der Waals surface area contributed by atoms with Crippen molar-refractivity contribution >= 4 is 13.7 Å². The summed E-state index contributed by atoms with van der Waals surface area (Å²) >= 11 is 0. The summed E-state index contributed by atoms with van der Waals surface area (Å²) in [5.74, 6) is -0.598. The van der Waals surface area contributed by atoms with E-state index in [1.165, 1.54) is 102 Å². The maximum atomic E-state index is 13.0. The lowest BCUT2D eigenvalue weighted by Gasteiger charge is -2.41. The molecular formula is C45H86NO12P. The van der Waals surface area contributed by atoms with Crippen LogP contribution in [0.2, 0.25) is 0 Å². The third-order valence-corrected chi connectivity index (χ3v) is 12.3. The third-order valence-electron chi connectivity index (χ3n) is 11.3. The molecule has 0 aromatic carbocycles. The number of rotatable bonds is 38. The molecule has 8 unspecified atom stereocenters. The van der Waals surface area contributed by atoms with Gasteiger partial charge in [0.2, 0.25) is 5.91 Å². The van der Waals surface area contributed by atoms with Gasteiger partial charge in [0.25, 0.3) is 0 Å². The molecule has 9 N–H and O–H groups in total. The van der Waals surface area contributed by atoms with Crippen molar-refractivity contribution in [3.63, 3.8) is 0 Å². The standard InChI is InChI=1S/C45H86NO12P/c1-3-5-7-9-11-13-15-17-18-19-20-21-22-24-26-28-30-32-36(47)34-39(49)46-37(38(48)33-31-29-27-25-23-16-14-12-10-8-6-4-2)35-57-59(55,56)58-45-43(53)41(51)40(50)42(52)44(45)54/h19-20,31,33,36-38,40-45,47-48,50-54H,3-18,21-30,32,34-35H2,1-2H3,(H,46,49)(H,55,56)/b20-19-,33-31+. The van der Waals surface area contributed by atoms with Gasteiger partial charge in [-0.1, -0.05) is 167 Å². The van der Waals surface area contributed by atoms with E-state index in [-0.39, 0.29) is 6.42 Å². The summed E-state index contributed by atoms with van der Waals surface area (Å²) in [5.41, 5.74) is 0. The predicted molar refractivity (Wildman–Crippen MR) is 234 cm³/mol. The molecule has 1 aliphatic carbocycles. The molecule has 1 aliphatic rings. The van der Waals surface area contributed by atoms with Crippen molar-refractivity contribution in [1.82, 2.24) is 5.32 Å². The molecule has 0 aliphatic heterocycles. The van der Waals surface area contributed by atoms with Crippen LogP contribution in [0.5, 0.6) is 0 Å². The number of amides is 1. The largest absolute Gasteiger partial charge is 0.472 e. The second-order valence-electron chi connectivity index (χ2n) is 16.8. The summed E-state index contributed by atoms with van der Waals surface area (Å²) < 4.78 is 22.8. The van der Waals surface area contributed by atoms with Gasteiger partial charge in [0.15, 0.2) is 0 Å². The molecule has 1 fully saturated rings. The maximum absolute atomic E-state index is 13.0. The number of unbranched alkanes of at least 4 members (excludes halogenated alkanes) is 23. The van der Waals surface area contributed by atoms with E-state index < -0.39 is 75.2 Å². The number of nitrogens with one attached hydrogen (secondary N) is 1. The van der Waals surface area contributed by atoms with E-state index in [2.05, 4.69) is 31.3 Å². The van der Waals surface area contributed by atoms with Gasteiger partial charge >= 0.3 is 7.82 Å². The van der Waals surface area contributed by atoms with E-state index >= 15 is 0 Å². The third kappa shape index (κ3) is 27.5. The molecule has 59 heavy (non-hydrogen) atoms. The van der Waals surface area contributed by atoms with E-state index in [1.54, 1.807) is 6.08 Å². The van der Waals surface area contributed by atoms with E-state index in [4.69, 9.17) is 9.05 Å². The Bertz CT molecular complexity index is 1110. The van der Waals surface area contributed by atoms with Gasteiger partial charge in [0, 0.05) is 0 Å². The molecule has 0 bridgehead atoms. The van der Waals surface area contributed by atoms with Crippen LogP contribution in [-0.4, -0.2) is 108 Å². The average molecular weight is 864 g/mol. The Morgan fingerprint density at radius 1 is 0.593 bits per heavy atom. The Hall–Kier alpha value is -1.22. The fourth-order valence-electron chi connectivity index (χ4n) is 7.41. The zero-order valence-corrected chi connectivity index (χ0v) is 37.6. The first-order chi connectivity index (χ1) is 28.3. The molecule has 14 heteroatoms. The molecule has 0 saturated heterocycles. The van der Waals surface area contributed by atoms with Crippen molar-refractivity contribution in [2.75, 3.05) is 6.61 Å². The summed E-state index contributed by atoms with van der Waals surface area (Å²) in [6.07, 6.45) is 24.1. The van der Waals surface area contributed by atoms with Crippen molar-refractivity contribution in [2.45, 2.75) is 249 Å². The number of aliphatic hydroxyl groups is 7. The van der Waals surface area contributed by atoms with Crippen LogP contribution >= 0.6 is 7.82 Å². The quantitative estimate of drug-likeness (QED) is 0.0166. The smallest absolute Gasteiger partial charge is 0.393 e. The van der Waals surface area contributed by atoms with Gasteiger partial charge in [-0.15, -0.1) is 0 Å². The number of carbonyl (C=O) groups excluding carboxylic acids is 1. The predicted octanol–water partition coefficient (Wildman–Crippen LogP) is 7.59. The molecule has 1 amide bonds. The molecular weight excluding hydrogens is 777 g/mol. The number of aliphatic hydroxyl groups excluding tert-OH is 7. The minimum Gasteiger partial charge on any atom is -0.393 e. The topological polar surface area (TPSA) is 226 Å². The molecule has 0 heterocycles. The van der Waals surface area contributed by atoms with Crippen LogP contribution < -0.4 is 5.32 Å². The summed E-state index contributed by atoms with van der Waals surface area (Å²) in [4.78, 5) is 23.4. The fourth-order valence-corrected chi connectivity index (χ4v) is 8.38. The van der Waals surface area contributed by atoms with Crippen molar-refractivity contribution in [3.05, 3.63) is 24.3 Å². The Kier molecular flexibility index (Phi) is 33.3. The molecule has 0 radical (unpaired) electrons. The molecule has 348 valence electrons. The number of hydrogen-bond donors (Lipinski definition) is 9. The van der Waals surface area contributed by atoms with Crippen molar-refractivity contribution in [3.8, 4) is 0 Å². The van der Waals surface area contributed by atoms with Crippen molar-refractivity contribution in [2.24, 2.45) is 0 Å². The molecule has 1 saturated carbocycles. The summed E-state index contributed by atoms with van der Waals surface area (Å²) in [6.45, 7) is 3.72. The molecule has 0 aromatic heterocycles. The van der Waals surface area contributed by atoms with Gasteiger partial charge < -0.3 is 46.0 Å². The molecule has 8 atom stereocenters. The average Bonchev–Trinajstić information content (AvgIpc) is 3.21. The summed E-state index contributed by atoms with van der Waals surface area (Å²) in [6, 6.07) is -1.24. The first kappa shape index (κ1) is 55.8. The van der Waals surface area contributed by atoms with E-state index in [1.807, 2.05) is 0 Å². The van der Waals surface area contributed by atoms with E-state index in [0.717, 1.165) is 64.2 Å². The van der Waals surface area contributed by atoms with Gasteiger partial charge in [0.1, 0.15) is 36.6 Å². The molecule has 0 aromatic rings. The van der Waals surface area contributed by atoms with E-state index in [9.17, 15) is 50.0 Å². The molecule has 1 rings (SSSR count). The highest BCUT2D eigenvalue weighted by Gasteiger charge is 2.51. The van der Waals surface area contributed by atoms with Gasteiger partial charge in [0.05, 0.1) is 31.3 Å². The maximum Gasteiger partial charge on any atom is 0.472 e. The Labute approximate surface area is 356 Å². The van der Waals surface area contributed by atoms with Crippen molar-refractivity contribution < 1.29 is 59.0 Å². The number of phosphoric ester groups is 1. The monoisotopic (exact) mass is 864 g/mol. The van der Waals surface area contributed by atoms with Crippen LogP contribution in [0, 0.1) is 0 Å². The molecule has 13 nitrogen and oxygen atoms in total. The Morgan fingerprint density at radius 3 is 1.44 bits per heavy atom. The minimum absolute atomic E-state index is 0.249. The highest BCUT2D eigenvalue weighted by atomic mass is 31.2. The lowest BCUT2D eigenvalue weighted by molar-refractivity contribution is -0.220. The van der Waals surface area contributed by atoms with Crippen molar-refractivity contribution in [1.29, 1.82) is 0 Å². The summed E-state index contributed by atoms with van der Waals surface area (Å²) in [5, 5.41) is 74.4. The Balaban J connectivity index is 2.53. The number of phosphoric acid groups is 1. The lowest BCUT2D eigenvalue weighted by Crippen LogP contribution is -2.64. The second kappa shape index (κ2) is 35.3. The van der Waals surface area contributed by atoms with Crippen LogP contribution in [0.25, 0.3) is 0 Å². The first-order valence-electron chi connectivity index (χ1n) is 23.4. The normalized spacial score (nSPS) is 23.8. The van der Waals surface area contributed by atoms with Crippen LogP contribution in [0.4, 0.5) is 0 Å². The number of carbonyl (C=O) groups is 1. The van der Waals surface area contributed by atoms with Crippen LogP contribution in [-0.2, 0) is 18.4 Å². The van der Waals surface area contributed by atoms with Gasteiger partial charge in [-0.3, -0.25) is 13.8 Å². The van der Waals surface area contributed by atoms with E-state index in [0.29, 0.717) is 12.8 Å². The Morgan fingerprint density at radius 2 is 0.983 bits per heavy atom. The van der Waals surface area contributed by atoms with Crippen LogP contribution in [0.1, 0.15) is 194 Å². The highest BCUT2D eigenvalue weighted by molar-refractivity contribution is 7.47. The number of allylic oxidation sites excluding steroid dienone is 3. The van der Waals surface area contributed by atoms with Crippen LogP contribution in [0.3, 0.4) is 0 Å².